The van der Waals surface area contributed by atoms with Gasteiger partial charge >= 0.3 is 0 Å². The molecule has 0 atom stereocenters. The molecule has 0 unspecified atom stereocenters. The Kier molecular flexibility index (Phi) is 4.22. The van der Waals surface area contributed by atoms with E-state index in [1.807, 2.05) is 43.7 Å². The van der Waals surface area contributed by atoms with Crippen molar-refractivity contribution in [2.45, 2.75) is 20.1 Å². The maximum Gasteiger partial charge on any atom is 0.217 e. The number of aromatic nitrogens is 2. The first-order valence-corrected chi connectivity index (χ1v) is 6.40. The first-order valence-electron chi connectivity index (χ1n) is 6.02. The van der Waals surface area contributed by atoms with E-state index in [0.29, 0.717) is 18.2 Å². The van der Waals surface area contributed by atoms with E-state index in [-0.39, 0.29) is 0 Å². The summed E-state index contributed by atoms with van der Waals surface area (Å²) in [6.07, 6.45) is -0.434. The number of hydrogen-bond acceptors (Lipinski definition) is 3. The summed E-state index contributed by atoms with van der Waals surface area (Å²) in [6, 6.07) is 5.62. The second-order valence-corrected chi connectivity index (χ2v) is 4.34. The lowest BCUT2D eigenvalue weighted by Gasteiger charge is -2.16. The Balaban J connectivity index is 2.46. The number of rotatable bonds is 5. The summed E-state index contributed by atoms with van der Waals surface area (Å²) in [4.78, 5) is 4.55. The molecule has 0 spiro atoms. The summed E-state index contributed by atoms with van der Waals surface area (Å²) in [5.74, 6) is 0.760. The minimum atomic E-state index is -0.434. The monoisotopic (exact) mass is 268 g/mol. The molecular weight excluding hydrogens is 252 g/mol. The third-order valence-corrected chi connectivity index (χ3v) is 2.96. The van der Waals surface area contributed by atoms with E-state index in [0.717, 1.165) is 16.9 Å². The average molecular weight is 269 g/mol. The van der Waals surface area contributed by atoms with Crippen LogP contribution in [0.4, 0.5) is 0 Å². The van der Waals surface area contributed by atoms with Crippen LogP contribution in [0.5, 0.6) is 0 Å². The fraction of sp³-hybridized carbons (Fsp3) is 0.462. The SMILES string of the molecule is CCOC(OCC)c1nc2ccc(Cl)cc2n1C. The Labute approximate surface area is 111 Å². The number of fused-ring (bicyclic) bond motifs is 1. The summed E-state index contributed by atoms with van der Waals surface area (Å²) in [6.45, 7) is 5.03. The van der Waals surface area contributed by atoms with Crippen molar-refractivity contribution in [3.8, 4) is 0 Å². The Bertz CT molecular complexity index is 533. The minimum Gasteiger partial charge on any atom is -0.346 e. The van der Waals surface area contributed by atoms with E-state index < -0.39 is 6.29 Å². The summed E-state index contributed by atoms with van der Waals surface area (Å²) in [7, 11) is 1.94. The van der Waals surface area contributed by atoms with Crippen LogP contribution in [0.2, 0.25) is 5.02 Å². The molecular formula is C13H17ClN2O2. The van der Waals surface area contributed by atoms with Crippen LogP contribution in [0.1, 0.15) is 26.0 Å². The molecule has 4 nitrogen and oxygen atoms in total. The maximum atomic E-state index is 6.00. The van der Waals surface area contributed by atoms with Crippen LogP contribution in [0.25, 0.3) is 11.0 Å². The van der Waals surface area contributed by atoms with Crippen molar-refractivity contribution in [3.63, 3.8) is 0 Å². The highest BCUT2D eigenvalue weighted by molar-refractivity contribution is 6.31. The number of aryl methyl sites for hydroxylation is 1. The van der Waals surface area contributed by atoms with Crippen LogP contribution < -0.4 is 0 Å². The smallest absolute Gasteiger partial charge is 0.217 e. The lowest BCUT2D eigenvalue weighted by atomic mass is 10.3. The highest BCUT2D eigenvalue weighted by atomic mass is 35.5. The molecule has 0 bridgehead atoms. The predicted octanol–water partition coefficient (Wildman–Crippen LogP) is 3.30. The highest BCUT2D eigenvalue weighted by Gasteiger charge is 2.19. The summed E-state index contributed by atoms with van der Waals surface area (Å²) >= 11 is 6.00. The molecule has 0 aliphatic heterocycles. The number of imidazole rings is 1. The van der Waals surface area contributed by atoms with Crippen molar-refractivity contribution in [1.29, 1.82) is 0 Å². The fourth-order valence-corrected chi connectivity index (χ4v) is 2.06. The molecule has 0 N–H and O–H groups in total. The van der Waals surface area contributed by atoms with Gasteiger partial charge in [-0.2, -0.15) is 0 Å². The van der Waals surface area contributed by atoms with Crippen molar-refractivity contribution in [2.75, 3.05) is 13.2 Å². The molecule has 0 aliphatic carbocycles. The van der Waals surface area contributed by atoms with E-state index in [4.69, 9.17) is 21.1 Å². The van der Waals surface area contributed by atoms with E-state index >= 15 is 0 Å². The lowest BCUT2D eigenvalue weighted by Crippen LogP contribution is -2.13. The molecule has 18 heavy (non-hydrogen) atoms. The van der Waals surface area contributed by atoms with Gasteiger partial charge < -0.3 is 14.0 Å². The van der Waals surface area contributed by atoms with Crippen LogP contribution in [0, 0.1) is 0 Å². The third-order valence-electron chi connectivity index (χ3n) is 2.72. The molecule has 98 valence electrons. The Morgan fingerprint density at radius 3 is 2.56 bits per heavy atom. The quantitative estimate of drug-likeness (QED) is 0.781. The van der Waals surface area contributed by atoms with Gasteiger partial charge in [-0.05, 0) is 32.0 Å². The molecule has 1 aromatic heterocycles. The van der Waals surface area contributed by atoms with Gasteiger partial charge in [-0.1, -0.05) is 11.6 Å². The van der Waals surface area contributed by atoms with Crippen LogP contribution in [-0.4, -0.2) is 22.8 Å². The Morgan fingerprint density at radius 1 is 1.28 bits per heavy atom. The predicted molar refractivity (Wildman–Crippen MR) is 71.7 cm³/mol. The van der Waals surface area contributed by atoms with Gasteiger partial charge in [-0.25, -0.2) is 4.98 Å². The number of hydrogen-bond donors (Lipinski definition) is 0. The Hall–Kier alpha value is -1.10. The van der Waals surface area contributed by atoms with Crippen LogP contribution in [0.15, 0.2) is 18.2 Å². The molecule has 0 saturated carbocycles. The second kappa shape index (κ2) is 5.69. The summed E-state index contributed by atoms with van der Waals surface area (Å²) < 4.78 is 13.1. The van der Waals surface area contributed by atoms with Gasteiger partial charge in [0.05, 0.1) is 11.0 Å². The van der Waals surface area contributed by atoms with E-state index in [1.165, 1.54) is 0 Å². The van der Waals surface area contributed by atoms with Gasteiger partial charge in [-0.15, -0.1) is 0 Å². The molecule has 1 aromatic carbocycles. The Morgan fingerprint density at radius 2 is 1.94 bits per heavy atom. The van der Waals surface area contributed by atoms with Gasteiger partial charge in [0, 0.05) is 25.3 Å². The molecule has 2 rings (SSSR count). The van der Waals surface area contributed by atoms with E-state index in [2.05, 4.69) is 4.98 Å². The zero-order valence-electron chi connectivity index (χ0n) is 10.8. The molecule has 2 aromatic rings. The van der Waals surface area contributed by atoms with Gasteiger partial charge in [0.2, 0.25) is 6.29 Å². The molecule has 0 saturated heterocycles. The number of nitrogens with zero attached hydrogens (tertiary/aromatic N) is 2. The number of halogens is 1. The largest absolute Gasteiger partial charge is 0.346 e. The van der Waals surface area contributed by atoms with Gasteiger partial charge in [-0.3, -0.25) is 0 Å². The standard InChI is InChI=1S/C13H17ClN2O2/c1-4-17-13(18-5-2)12-15-10-7-6-9(14)8-11(10)16(12)3/h6-8,13H,4-5H2,1-3H3. The van der Waals surface area contributed by atoms with Crippen molar-refractivity contribution in [3.05, 3.63) is 29.0 Å². The zero-order valence-corrected chi connectivity index (χ0v) is 11.6. The molecule has 0 aliphatic rings. The first-order chi connectivity index (χ1) is 8.67. The molecule has 0 amide bonds. The summed E-state index contributed by atoms with van der Waals surface area (Å²) in [5.41, 5.74) is 1.86. The molecule has 0 fully saturated rings. The average Bonchev–Trinajstić information content (AvgIpc) is 2.67. The van der Waals surface area contributed by atoms with Crippen LogP contribution in [-0.2, 0) is 16.5 Å². The second-order valence-electron chi connectivity index (χ2n) is 3.90. The first kappa shape index (κ1) is 13.3. The van der Waals surface area contributed by atoms with Gasteiger partial charge in [0.25, 0.3) is 0 Å². The van der Waals surface area contributed by atoms with E-state index in [9.17, 15) is 0 Å². The van der Waals surface area contributed by atoms with Gasteiger partial charge in [0.15, 0.2) is 5.82 Å². The highest BCUT2D eigenvalue weighted by Crippen LogP contribution is 2.25. The molecule has 0 radical (unpaired) electrons. The molecule has 1 heterocycles. The third kappa shape index (κ3) is 2.51. The van der Waals surface area contributed by atoms with Crippen molar-refractivity contribution in [2.24, 2.45) is 7.05 Å². The number of benzene rings is 1. The van der Waals surface area contributed by atoms with Crippen molar-refractivity contribution in [1.82, 2.24) is 9.55 Å². The van der Waals surface area contributed by atoms with Crippen LogP contribution >= 0.6 is 11.6 Å². The maximum absolute atomic E-state index is 6.00. The van der Waals surface area contributed by atoms with Gasteiger partial charge in [0.1, 0.15) is 0 Å². The van der Waals surface area contributed by atoms with Crippen molar-refractivity contribution < 1.29 is 9.47 Å². The lowest BCUT2D eigenvalue weighted by molar-refractivity contribution is -0.146. The fourth-order valence-electron chi connectivity index (χ4n) is 1.89. The van der Waals surface area contributed by atoms with E-state index in [1.54, 1.807) is 0 Å². The normalized spacial score (nSPS) is 11.6. The summed E-state index contributed by atoms with van der Waals surface area (Å²) in [5, 5.41) is 0.696. The zero-order chi connectivity index (χ0) is 13.1. The molecule has 5 heteroatoms. The topological polar surface area (TPSA) is 36.3 Å². The van der Waals surface area contributed by atoms with Crippen LogP contribution in [0.3, 0.4) is 0 Å². The van der Waals surface area contributed by atoms with Crippen molar-refractivity contribution >= 4 is 22.6 Å². The number of ether oxygens (including phenoxy) is 2. The minimum absolute atomic E-state index is 0.434.